The molecular formula is C18H17NO4. The highest BCUT2D eigenvalue weighted by Crippen LogP contribution is 2.26. The van der Waals surface area contributed by atoms with Crippen LogP contribution >= 0.6 is 0 Å². The third kappa shape index (κ3) is 2.54. The highest BCUT2D eigenvalue weighted by atomic mass is 16.4. The number of carboxylic acid groups (broad SMARTS) is 1. The minimum Gasteiger partial charge on any atom is -0.478 e. The summed E-state index contributed by atoms with van der Waals surface area (Å²) in [5.74, 6) is -0.440. The Morgan fingerprint density at radius 1 is 1.13 bits per heavy atom. The van der Waals surface area contributed by atoms with Gasteiger partial charge in [-0.1, -0.05) is 12.1 Å². The fraction of sp³-hybridized carbons (Fsp3) is 0.222. The number of carboxylic acids is 1. The first kappa shape index (κ1) is 15.1. The molecule has 118 valence electrons. The van der Waals surface area contributed by atoms with Crippen molar-refractivity contribution in [2.24, 2.45) is 0 Å². The predicted molar refractivity (Wildman–Crippen MR) is 90.5 cm³/mol. The molecule has 0 saturated heterocycles. The maximum Gasteiger partial charge on any atom is 0.335 e. The molecule has 0 unspecified atom stereocenters. The zero-order valence-corrected chi connectivity index (χ0v) is 13.0. The first-order chi connectivity index (χ1) is 11.0. The lowest BCUT2D eigenvalue weighted by molar-refractivity contribution is 0.0697. The van der Waals surface area contributed by atoms with Crippen molar-refractivity contribution >= 4 is 33.6 Å². The molecule has 23 heavy (non-hydrogen) atoms. The van der Waals surface area contributed by atoms with Crippen LogP contribution in [0.25, 0.3) is 21.7 Å². The molecule has 0 saturated carbocycles. The lowest BCUT2D eigenvalue weighted by atomic mass is 10.0. The fourth-order valence-electron chi connectivity index (χ4n) is 2.80. The highest BCUT2D eigenvalue weighted by Gasteiger charge is 2.13. The quantitative estimate of drug-likeness (QED) is 0.747. The summed E-state index contributed by atoms with van der Waals surface area (Å²) < 4.78 is 5.88. The average molecular weight is 311 g/mol. The molecule has 1 heterocycles. The smallest absolute Gasteiger partial charge is 0.335 e. The zero-order valence-electron chi connectivity index (χ0n) is 13.0. The Morgan fingerprint density at radius 2 is 1.87 bits per heavy atom. The molecule has 3 rings (SSSR count). The van der Waals surface area contributed by atoms with E-state index in [-0.39, 0.29) is 11.0 Å². The van der Waals surface area contributed by atoms with Crippen molar-refractivity contribution in [2.75, 3.05) is 18.0 Å². The van der Waals surface area contributed by atoms with Crippen molar-refractivity contribution in [1.82, 2.24) is 0 Å². The van der Waals surface area contributed by atoms with E-state index < -0.39 is 5.97 Å². The molecule has 0 amide bonds. The first-order valence-electron chi connectivity index (χ1n) is 7.54. The van der Waals surface area contributed by atoms with Crippen molar-refractivity contribution in [1.29, 1.82) is 0 Å². The molecule has 0 atom stereocenters. The molecule has 0 fully saturated rings. The SMILES string of the molecule is CCN(CC)c1cc(=O)c2c(ccc3cc(C(=O)O)ccc32)o1. The van der Waals surface area contributed by atoms with Crippen LogP contribution < -0.4 is 10.3 Å². The van der Waals surface area contributed by atoms with Crippen LogP contribution in [0.3, 0.4) is 0 Å². The molecule has 0 aliphatic carbocycles. The second kappa shape index (κ2) is 5.76. The number of rotatable bonds is 4. The third-order valence-electron chi connectivity index (χ3n) is 4.02. The molecular weight excluding hydrogens is 294 g/mol. The van der Waals surface area contributed by atoms with Crippen LogP contribution in [0.1, 0.15) is 24.2 Å². The first-order valence-corrected chi connectivity index (χ1v) is 7.54. The standard InChI is InChI=1S/C18H17NO4/c1-3-19(4-2)16-10-14(20)17-13-7-5-12(18(21)22)9-11(13)6-8-15(17)23-16/h5-10H,3-4H2,1-2H3,(H,21,22). The molecule has 0 spiro atoms. The van der Waals surface area contributed by atoms with Crippen molar-refractivity contribution in [3.63, 3.8) is 0 Å². The summed E-state index contributed by atoms with van der Waals surface area (Å²) in [6.45, 7) is 5.50. The van der Waals surface area contributed by atoms with Gasteiger partial charge < -0.3 is 14.4 Å². The number of carbonyl (C=O) groups is 1. The van der Waals surface area contributed by atoms with E-state index in [9.17, 15) is 9.59 Å². The van der Waals surface area contributed by atoms with Crippen LogP contribution in [0.2, 0.25) is 0 Å². The van der Waals surface area contributed by atoms with Crippen LogP contribution in [0.4, 0.5) is 5.88 Å². The minimum atomic E-state index is -0.990. The number of nitrogens with zero attached hydrogens (tertiary/aromatic N) is 1. The number of anilines is 1. The van der Waals surface area contributed by atoms with Gasteiger partial charge in [-0.2, -0.15) is 0 Å². The summed E-state index contributed by atoms with van der Waals surface area (Å²) in [6, 6.07) is 9.72. The Labute approximate surface area is 132 Å². The lowest BCUT2D eigenvalue weighted by Gasteiger charge is -2.19. The monoisotopic (exact) mass is 311 g/mol. The largest absolute Gasteiger partial charge is 0.478 e. The molecule has 5 nitrogen and oxygen atoms in total. The van der Waals surface area contributed by atoms with E-state index in [1.165, 1.54) is 12.1 Å². The lowest BCUT2D eigenvalue weighted by Crippen LogP contribution is -2.23. The van der Waals surface area contributed by atoms with E-state index in [2.05, 4.69) is 0 Å². The van der Waals surface area contributed by atoms with Gasteiger partial charge in [0.15, 0.2) is 11.3 Å². The molecule has 0 aliphatic rings. The van der Waals surface area contributed by atoms with Gasteiger partial charge in [-0.15, -0.1) is 0 Å². The Kier molecular flexibility index (Phi) is 3.78. The van der Waals surface area contributed by atoms with Crippen LogP contribution in [0.15, 0.2) is 45.6 Å². The van der Waals surface area contributed by atoms with Crippen molar-refractivity contribution in [2.45, 2.75) is 13.8 Å². The summed E-state index contributed by atoms with van der Waals surface area (Å²) in [5, 5.41) is 11.0. The second-order valence-corrected chi connectivity index (χ2v) is 5.30. The molecule has 1 N–H and O–H groups in total. The molecule has 1 aromatic heterocycles. The second-order valence-electron chi connectivity index (χ2n) is 5.30. The van der Waals surface area contributed by atoms with Crippen LogP contribution in [0.5, 0.6) is 0 Å². The molecule has 5 heteroatoms. The summed E-state index contributed by atoms with van der Waals surface area (Å²) in [7, 11) is 0. The Balaban J connectivity index is 2.29. The molecule has 0 bridgehead atoms. The van der Waals surface area contributed by atoms with Gasteiger partial charge in [0.2, 0.25) is 0 Å². The number of benzene rings is 2. The third-order valence-corrected chi connectivity index (χ3v) is 4.02. The van der Waals surface area contributed by atoms with Crippen LogP contribution in [-0.2, 0) is 0 Å². The minimum absolute atomic E-state index is 0.123. The maximum atomic E-state index is 12.6. The Bertz CT molecular complexity index is 954. The highest BCUT2D eigenvalue weighted by molar-refractivity contribution is 6.07. The van der Waals surface area contributed by atoms with E-state index in [1.54, 1.807) is 24.3 Å². The average Bonchev–Trinajstić information content (AvgIpc) is 2.55. The van der Waals surface area contributed by atoms with Gasteiger partial charge in [0.05, 0.1) is 10.9 Å². The molecule has 3 aromatic rings. The zero-order chi connectivity index (χ0) is 16.6. The van der Waals surface area contributed by atoms with Gasteiger partial charge in [-0.3, -0.25) is 4.79 Å². The van der Waals surface area contributed by atoms with Crippen LogP contribution in [-0.4, -0.2) is 24.2 Å². The van der Waals surface area contributed by atoms with E-state index in [1.807, 2.05) is 18.7 Å². The van der Waals surface area contributed by atoms with Gasteiger partial charge in [0.25, 0.3) is 0 Å². The summed E-state index contributed by atoms with van der Waals surface area (Å²) >= 11 is 0. The Hall–Kier alpha value is -2.82. The summed E-state index contributed by atoms with van der Waals surface area (Å²) in [4.78, 5) is 25.6. The maximum absolute atomic E-state index is 12.6. The normalized spacial score (nSPS) is 11.0. The van der Waals surface area contributed by atoms with E-state index in [0.29, 0.717) is 27.6 Å². The molecule has 2 aromatic carbocycles. The number of hydrogen-bond donors (Lipinski definition) is 1. The van der Waals surface area contributed by atoms with E-state index in [4.69, 9.17) is 9.52 Å². The van der Waals surface area contributed by atoms with Crippen molar-refractivity contribution < 1.29 is 14.3 Å². The number of aromatic carboxylic acids is 1. The predicted octanol–water partition coefficient (Wildman–Crippen LogP) is 3.49. The van der Waals surface area contributed by atoms with Gasteiger partial charge >= 0.3 is 5.97 Å². The Morgan fingerprint density at radius 3 is 2.52 bits per heavy atom. The topological polar surface area (TPSA) is 70.8 Å². The van der Waals surface area contributed by atoms with Crippen molar-refractivity contribution in [3.05, 3.63) is 52.2 Å². The van der Waals surface area contributed by atoms with Gasteiger partial charge in [0.1, 0.15) is 5.58 Å². The molecule has 0 aliphatic heterocycles. The summed E-state index contributed by atoms with van der Waals surface area (Å²) in [6.07, 6.45) is 0. The van der Waals surface area contributed by atoms with Gasteiger partial charge in [0, 0.05) is 19.2 Å². The van der Waals surface area contributed by atoms with Crippen LogP contribution in [0, 0.1) is 0 Å². The van der Waals surface area contributed by atoms with E-state index in [0.717, 1.165) is 13.1 Å². The number of hydrogen-bond acceptors (Lipinski definition) is 4. The summed E-state index contributed by atoms with van der Waals surface area (Å²) in [5.41, 5.74) is 0.581. The number of fused-ring (bicyclic) bond motifs is 3. The van der Waals surface area contributed by atoms with Gasteiger partial charge in [-0.05, 0) is 42.8 Å². The van der Waals surface area contributed by atoms with Gasteiger partial charge in [-0.25, -0.2) is 4.79 Å². The van der Waals surface area contributed by atoms with E-state index >= 15 is 0 Å². The molecule has 0 radical (unpaired) electrons. The fourth-order valence-corrected chi connectivity index (χ4v) is 2.80. The van der Waals surface area contributed by atoms with Crippen molar-refractivity contribution in [3.8, 4) is 0 Å².